The zero-order chi connectivity index (χ0) is 20.1. The molecule has 0 radical (unpaired) electrons. The number of aromatic amines is 1. The molecule has 0 aliphatic rings. The maximum Gasteiger partial charge on any atom is 0.355 e. The van der Waals surface area contributed by atoms with Gasteiger partial charge in [0.05, 0.1) is 11.9 Å². The summed E-state index contributed by atoms with van der Waals surface area (Å²) in [6, 6.07) is 11.0. The number of Topliss-reactive ketones (excluding diaryl/α,β-unsaturated/α-hetero) is 1. The lowest BCUT2D eigenvalue weighted by molar-refractivity contribution is -0.133. The molecule has 0 fully saturated rings. The van der Waals surface area contributed by atoms with E-state index in [-0.39, 0.29) is 17.4 Å². The number of H-pyrrole nitrogens is 1. The molecule has 3 rings (SSSR count). The van der Waals surface area contributed by atoms with E-state index in [1.807, 2.05) is 36.5 Å². The van der Waals surface area contributed by atoms with Crippen LogP contribution in [0.4, 0.5) is 0 Å². The Labute approximate surface area is 161 Å². The van der Waals surface area contributed by atoms with Crippen LogP contribution in [0.3, 0.4) is 0 Å². The first-order valence-corrected chi connectivity index (χ1v) is 8.63. The van der Waals surface area contributed by atoms with Crippen LogP contribution in [0.15, 0.2) is 55.0 Å². The Balaban J connectivity index is 1.52. The number of carbonyl (C=O) groups is 3. The number of benzene rings is 1. The molecular weight excluding hydrogens is 360 g/mol. The van der Waals surface area contributed by atoms with Crippen LogP contribution in [0, 0.1) is 0 Å². The summed E-state index contributed by atoms with van der Waals surface area (Å²) in [7, 11) is 1.62. The molecule has 144 valence electrons. The third kappa shape index (κ3) is 4.53. The number of hydrogen-bond acceptors (Lipinski definition) is 5. The minimum Gasteiger partial charge on any atom is -0.451 e. The number of nitrogens with one attached hydrogen (secondary N) is 1. The second kappa shape index (κ2) is 8.34. The molecule has 1 N–H and O–H groups in total. The molecule has 8 nitrogen and oxygen atoms in total. The minimum atomic E-state index is -0.689. The molecule has 28 heavy (non-hydrogen) atoms. The van der Waals surface area contributed by atoms with Crippen LogP contribution in [-0.4, -0.2) is 51.0 Å². The zero-order valence-corrected chi connectivity index (χ0v) is 15.6. The molecule has 1 aromatic carbocycles. The summed E-state index contributed by atoms with van der Waals surface area (Å²) in [6.45, 7) is 1.34. The van der Waals surface area contributed by atoms with Crippen molar-refractivity contribution in [3.63, 3.8) is 0 Å². The van der Waals surface area contributed by atoms with Gasteiger partial charge in [0, 0.05) is 37.1 Å². The monoisotopic (exact) mass is 380 g/mol. The predicted molar refractivity (Wildman–Crippen MR) is 101 cm³/mol. The number of nitrogens with zero attached hydrogens (tertiary/aromatic N) is 3. The average molecular weight is 380 g/mol. The van der Waals surface area contributed by atoms with Crippen LogP contribution in [0.5, 0.6) is 0 Å². The van der Waals surface area contributed by atoms with E-state index in [0.29, 0.717) is 12.1 Å². The van der Waals surface area contributed by atoms with Crippen molar-refractivity contribution in [1.82, 2.24) is 19.7 Å². The van der Waals surface area contributed by atoms with Crippen molar-refractivity contribution in [2.75, 3.05) is 13.7 Å². The van der Waals surface area contributed by atoms with Gasteiger partial charge >= 0.3 is 5.97 Å². The molecule has 0 saturated heterocycles. The van der Waals surface area contributed by atoms with Gasteiger partial charge in [-0.15, -0.1) is 0 Å². The van der Waals surface area contributed by atoms with E-state index in [1.54, 1.807) is 17.9 Å². The molecule has 8 heteroatoms. The largest absolute Gasteiger partial charge is 0.451 e. The van der Waals surface area contributed by atoms with Gasteiger partial charge in [-0.2, -0.15) is 5.10 Å². The highest BCUT2D eigenvalue weighted by molar-refractivity contribution is 5.97. The first-order valence-electron chi connectivity index (χ1n) is 8.63. The highest BCUT2D eigenvalue weighted by atomic mass is 16.5. The lowest BCUT2D eigenvalue weighted by Crippen LogP contribution is -2.30. The average Bonchev–Trinajstić information content (AvgIpc) is 3.36. The summed E-state index contributed by atoms with van der Waals surface area (Å²) in [4.78, 5) is 39.6. The fraction of sp³-hybridized carbons (Fsp3) is 0.200. The van der Waals surface area contributed by atoms with E-state index >= 15 is 0 Å². The fourth-order valence-electron chi connectivity index (χ4n) is 2.56. The molecule has 0 spiro atoms. The number of ketones is 1. The van der Waals surface area contributed by atoms with Crippen LogP contribution in [-0.2, 0) is 16.1 Å². The van der Waals surface area contributed by atoms with Gasteiger partial charge in [0.2, 0.25) is 0 Å². The van der Waals surface area contributed by atoms with E-state index in [1.165, 1.54) is 24.1 Å². The highest BCUT2D eigenvalue weighted by Crippen LogP contribution is 2.10. The van der Waals surface area contributed by atoms with E-state index in [9.17, 15) is 14.4 Å². The van der Waals surface area contributed by atoms with Gasteiger partial charge in [-0.3, -0.25) is 9.59 Å². The van der Waals surface area contributed by atoms with E-state index in [2.05, 4.69) is 10.1 Å². The van der Waals surface area contributed by atoms with Gasteiger partial charge in [-0.05, 0) is 25.1 Å². The third-order valence-corrected chi connectivity index (χ3v) is 4.14. The number of likely N-dealkylation sites (N-methyl/N-ethyl adjacent to an activating group) is 1. The fourth-order valence-corrected chi connectivity index (χ4v) is 2.56. The Morgan fingerprint density at radius 1 is 1.21 bits per heavy atom. The maximum absolute atomic E-state index is 12.2. The number of carbonyl (C=O) groups excluding carboxylic acids is 3. The molecule has 0 aliphatic heterocycles. The Morgan fingerprint density at radius 2 is 1.96 bits per heavy atom. The summed E-state index contributed by atoms with van der Waals surface area (Å²) < 4.78 is 6.75. The lowest BCUT2D eigenvalue weighted by Gasteiger charge is -2.15. The normalized spacial score (nSPS) is 10.5. The van der Waals surface area contributed by atoms with Gasteiger partial charge in [0.25, 0.3) is 5.91 Å². The first kappa shape index (κ1) is 19.1. The van der Waals surface area contributed by atoms with Crippen LogP contribution >= 0.6 is 0 Å². The molecule has 0 aliphatic carbocycles. The van der Waals surface area contributed by atoms with Crippen molar-refractivity contribution in [1.29, 1.82) is 0 Å². The Bertz CT molecular complexity index is 991. The number of ether oxygens (including phenoxy) is 1. The Hall–Kier alpha value is -3.68. The topological polar surface area (TPSA) is 97.3 Å². The Morgan fingerprint density at radius 3 is 2.64 bits per heavy atom. The third-order valence-electron chi connectivity index (χ3n) is 4.14. The number of amides is 1. The summed E-state index contributed by atoms with van der Waals surface area (Å²) in [5, 5.41) is 4.29. The van der Waals surface area contributed by atoms with Crippen LogP contribution in [0.2, 0.25) is 0 Å². The van der Waals surface area contributed by atoms with E-state index in [4.69, 9.17) is 4.74 Å². The molecule has 0 atom stereocenters. The molecule has 2 heterocycles. The minimum absolute atomic E-state index is 0.129. The summed E-state index contributed by atoms with van der Waals surface area (Å²) in [5.41, 5.74) is 2.28. The standard InChI is InChI=1S/C20H20N4O4/c1-14(25)16-8-18(21-10-16)20(27)28-13-19(26)23(2)11-15-9-22-24(12-15)17-6-4-3-5-7-17/h3-10,12,21H,11,13H2,1-2H3. The number of aromatic nitrogens is 3. The number of hydrogen-bond donors (Lipinski definition) is 1. The van der Waals surface area contributed by atoms with Crippen molar-refractivity contribution < 1.29 is 19.1 Å². The zero-order valence-electron chi connectivity index (χ0n) is 15.6. The van der Waals surface area contributed by atoms with Crippen molar-refractivity contribution in [2.24, 2.45) is 0 Å². The lowest BCUT2D eigenvalue weighted by atomic mass is 10.2. The molecule has 1 amide bonds. The van der Waals surface area contributed by atoms with Crippen LogP contribution in [0.1, 0.15) is 33.3 Å². The summed E-state index contributed by atoms with van der Waals surface area (Å²) in [6.07, 6.45) is 4.95. The predicted octanol–water partition coefficient (Wildman–Crippen LogP) is 2.22. The SMILES string of the molecule is CC(=O)c1c[nH]c(C(=O)OCC(=O)N(C)Cc2cnn(-c3ccccc3)c2)c1. The van der Waals surface area contributed by atoms with Gasteiger partial charge < -0.3 is 14.6 Å². The first-order chi connectivity index (χ1) is 13.4. The van der Waals surface area contributed by atoms with E-state index < -0.39 is 12.6 Å². The van der Waals surface area contributed by atoms with Crippen molar-refractivity contribution in [3.8, 4) is 5.69 Å². The molecule has 0 unspecified atom stereocenters. The maximum atomic E-state index is 12.2. The molecule has 0 saturated carbocycles. The second-order valence-electron chi connectivity index (χ2n) is 6.31. The van der Waals surface area contributed by atoms with Gasteiger partial charge in [0.1, 0.15) is 5.69 Å². The van der Waals surface area contributed by atoms with Gasteiger partial charge in [-0.1, -0.05) is 18.2 Å². The molecule has 0 bridgehead atoms. The second-order valence-corrected chi connectivity index (χ2v) is 6.31. The number of rotatable bonds is 7. The molecular formula is C20H20N4O4. The number of esters is 1. The molecule has 3 aromatic rings. The highest BCUT2D eigenvalue weighted by Gasteiger charge is 2.16. The van der Waals surface area contributed by atoms with E-state index in [0.717, 1.165) is 11.3 Å². The van der Waals surface area contributed by atoms with Gasteiger partial charge in [0.15, 0.2) is 12.4 Å². The van der Waals surface area contributed by atoms with Crippen LogP contribution < -0.4 is 0 Å². The van der Waals surface area contributed by atoms with Crippen molar-refractivity contribution >= 4 is 17.7 Å². The van der Waals surface area contributed by atoms with Crippen molar-refractivity contribution in [2.45, 2.75) is 13.5 Å². The van der Waals surface area contributed by atoms with Crippen molar-refractivity contribution in [3.05, 3.63) is 71.8 Å². The Kier molecular flexibility index (Phi) is 5.69. The summed E-state index contributed by atoms with van der Waals surface area (Å²) in [5.74, 6) is -1.20. The summed E-state index contributed by atoms with van der Waals surface area (Å²) >= 11 is 0. The molecule has 2 aromatic heterocycles. The quantitative estimate of drug-likeness (QED) is 0.501. The smallest absolute Gasteiger partial charge is 0.355 e. The van der Waals surface area contributed by atoms with Crippen LogP contribution in [0.25, 0.3) is 5.69 Å². The van der Waals surface area contributed by atoms with Gasteiger partial charge in [-0.25, -0.2) is 9.48 Å². The number of para-hydroxylation sites is 1.